The molecule has 2 saturated heterocycles. The van der Waals surface area contributed by atoms with Crippen LogP contribution in [0.15, 0.2) is 0 Å². The van der Waals surface area contributed by atoms with Gasteiger partial charge in [-0.15, -0.1) is 0 Å². The van der Waals surface area contributed by atoms with Crippen LogP contribution in [0.25, 0.3) is 0 Å². The van der Waals surface area contributed by atoms with Crippen LogP contribution in [0, 0.1) is 0 Å². The third kappa shape index (κ3) is 7.10. The summed E-state index contributed by atoms with van der Waals surface area (Å²) in [6.07, 6.45) is -6.96. The van der Waals surface area contributed by atoms with E-state index in [2.05, 4.69) is 6.92 Å². The van der Waals surface area contributed by atoms with Crippen molar-refractivity contribution in [3.05, 3.63) is 0 Å². The maximum absolute atomic E-state index is 12.9. The van der Waals surface area contributed by atoms with Crippen LogP contribution in [-0.2, 0) is 19.0 Å². The van der Waals surface area contributed by atoms with Crippen LogP contribution in [0.4, 0.5) is 0 Å². The van der Waals surface area contributed by atoms with Crippen LogP contribution in [0.3, 0.4) is 0 Å². The van der Waals surface area contributed by atoms with Crippen molar-refractivity contribution >= 4 is 5.91 Å². The fourth-order valence-electron chi connectivity index (χ4n) is 4.84. The second kappa shape index (κ2) is 13.6. The number of aliphatic hydroxyl groups excluding tert-OH is 5. The Morgan fingerprint density at radius 1 is 0.971 bits per heavy atom. The van der Waals surface area contributed by atoms with Crippen LogP contribution in [0.5, 0.6) is 0 Å². The summed E-state index contributed by atoms with van der Waals surface area (Å²) in [7, 11) is 0. The lowest BCUT2D eigenvalue weighted by Crippen LogP contribution is -2.75. The number of aliphatic hydroxyl groups is 6. The van der Waals surface area contributed by atoms with E-state index >= 15 is 0 Å². The Morgan fingerprint density at radius 2 is 1.57 bits per heavy atom. The summed E-state index contributed by atoms with van der Waals surface area (Å²) in [5.74, 6) is -0.442. The van der Waals surface area contributed by atoms with E-state index in [1.165, 1.54) is 18.7 Å². The fraction of sp³-hybridized carbons (Fsp3) is 0.957. The number of unbranched alkanes of at least 4 members (excludes halogenated alkanes) is 5. The Balaban J connectivity index is 2.22. The first-order valence-corrected chi connectivity index (χ1v) is 12.4. The smallest absolute Gasteiger partial charge is 0.219 e. The lowest BCUT2D eigenvalue weighted by molar-refractivity contribution is -0.534. The summed E-state index contributed by atoms with van der Waals surface area (Å²) in [5.41, 5.74) is -2.05. The molecule has 0 radical (unpaired) electrons. The molecule has 0 aliphatic carbocycles. The first-order valence-electron chi connectivity index (χ1n) is 12.4. The van der Waals surface area contributed by atoms with Gasteiger partial charge in [-0.1, -0.05) is 39.0 Å². The van der Waals surface area contributed by atoms with E-state index in [0.717, 1.165) is 32.1 Å². The molecule has 2 fully saturated rings. The zero-order valence-electron chi connectivity index (χ0n) is 20.7. The van der Waals surface area contributed by atoms with Gasteiger partial charge in [-0.25, -0.2) is 0 Å². The zero-order valence-corrected chi connectivity index (χ0v) is 20.7. The van der Waals surface area contributed by atoms with Crippen molar-refractivity contribution in [2.75, 3.05) is 19.8 Å². The highest BCUT2D eigenvalue weighted by Crippen LogP contribution is 2.36. The molecular weight excluding hydrogens is 466 g/mol. The first-order chi connectivity index (χ1) is 16.5. The molecule has 0 bridgehead atoms. The van der Waals surface area contributed by atoms with Gasteiger partial charge in [0.2, 0.25) is 5.91 Å². The van der Waals surface area contributed by atoms with Crippen molar-refractivity contribution in [1.29, 1.82) is 0 Å². The molecule has 2 aliphatic rings. The van der Waals surface area contributed by atoms with Gasteiger partial charge in [-0.3, -0.25) is 4.79 Å². The van der Waals surface area contributed by atoms with Crippen molar-refractivity contribution < 1.29 is 54.8 Å². The molecule has 0 aromatic rings. The van der Waals surface area contributed by atoms with Crippen LogP contribution >= 0.6 is 0 Å². The molecule has 0 aromatic heterocycles. The Labute approximate surface area is 206 Å². The number of hydrogen-bond acceptors (Lipinski definition) is 11. The van der Waals surface area contributed by atoms with Crippen molar-refractivity contribution in [3.63, 3.8) is 0 Å². The molecule has 0 unspecified atom stereocenters. The second-order valence-electron chi connectivity index (χ2n) is 9.63. The molecule has 35 heavy (non-hydrogen) atoms. The molecular formula is C23H42NO11-. The lowest BCUT2D eigenvalue weighted by Gasteiger charge is -2.57. The maximum atomic E-state index is 12.9. The van der Waals surface area contributed by atoms with Gasteiger partial charge >= 0.3 is 0 Å². The Hall–Kier alpha value is -0.930. The summed E-state index contributed by atoms with van der Waals surface area (Å²) in [5, 5.41) is 74.1. The van der Waals surface area contributed by atoms with E-state index in [1.807, 2.05) is 0 Å². The van der Waals surface area contributed by atoms with Gasteiger partial charge in [0.1, 0.15) is 42.2 Å². The average Bonchev–Trinajstić information content (AvgIpc) is 2.81. The van der Waals surface area contributed by atoms with Gasteiger partial charge in [0.05, 0.1) is 19.3 Å². The molecule has 0 spiro atoms. The lowest BCUT2D eigenvalue weighted by atomic mass is 9.82. The largest absolute Gasteiger partial charge is 0.829 e. The van der Waals surface area contributed by atoms with Gasteiger partial charge < -0.3 is 54.9 Å². The minimum Gasteiger partial charge on any atom is -0.829 e. The molecule has 0 aromatic carbocycles. The van der Waals surface area contributed by atoms with Gasteiger partial charge in [0, 0.05) is 19.8 Å². The number of nitrogens with zero attached hydrogens (tertiary/aromatic N) is 1. The van der Waals surface area contributed by atoms with E-state index in [4.69, 9.17) is 14.2 Å². The predicted octanol–water partition coefficient (Wildman–Crippen LogP) is -2.42. The second-order valence-corrected chi connectivity index (χ2v) is 9.63. The summed E-state index contributed by atoms with van der Waals surface area (Å²) in [6, 6.07) is -1.38. The van der Waals surface area contributed by atoms with Crippen molar-refractivity contribution in [2.24, 2.45) is 0 Å². The summed E-state index contributed by atoms with van der Waals surface area (Å²) < 4.78 is 16.5. The molecule has 2 rings (SSSR count). The molecule has 206 valence electrons. The molecule has 6 N–H and O–H groups in total. The van der Waals surface area contributed by atoms with E-state index in [9.17, 15) is 40.5 Å². The standard InChI is InChI=1S/C23H42NO11/c1-4-5-6-7-8-9-10-24(13(2)27)19-21(31)33-15(12-26)20(23(19,3)32)35-22-18(30)17(29)16(28)14(11-25)34-22/h14-22,25-26,28-30,32H,4-12H2,1-3H3/q-1/t14-,15-,16+,17+,18-,19+,20-,21-,22+,23-/m1/s1. The number of hydrogen-bond donors (Lipinski definition) is 6. The van der Waals surface area contributed by atoms with E-state index in [-0.39, 0.29) is 6.54 Å². The van der Waals surface area contributed by atoms with Crippen LogP contribution in [0.2, 0.25) is 0 Å². The molecule has 10 atom stereocenters. The van der Waals surface area contributed by atoms with Gasteiger partial charge in [-0.2, -0.15) is 0 Å². The van der Waals surface area contributed by atoms with Gasteiger partial charge in [-0.05, 0) is 13.3 Å². The molecule has 12 heteroatoms. The Kier molecular flexibility index (Phi) is 11.7. The Morgan fingerprint density at radius 3 is 2.14 bits per heavy atom. The molecule has 0 saturated carbocycles. The SMILES string of the molecule is CCCCCCCCN(C(C)=O)[C@H]1[C@H]([O-])O[C@H](CO)[C@@H](O[C@@H]2O[C@H](CO)[C@H](O)[C@H](O)[C@H]2O)[C@]1(C)O. The monoisotopic (exact) mass is 508 g/mol. The number of amides is 1. The molecule has 1 amide bonds. The minimum absolute atomic E-state index is 0.209. The molecule has 2 aliphatic heterocycles. The zero-order chi connectivity index (χ0) is 26.3. The normalized spacial score (nSPS) is 40.0. The summed E-state index contributed by atoms with van der Waals surface area (Å²) >= 11 is 0. The van der Waals surface area contributed by atoms with Crippen molar-refractivity contribution in [2.45, 2.75) is 120 Å². The Bertz CT molecular complexity index is 649. The average molecular weight is 509 g/mol. The summed E-state index contributed by atoms with van der Waals surface area (Å²) in [4.78, 5) is 13.7. The minimum atomic E-state index is -2.05. The third-order valence-electron chi connectivity index (χ3n) is 6.88. The van der Waals surface area contributed by atoms with Crippen LogP contribution < -0.4 is 5.11 Å². The van der Waals surface area contributed by atoms with E-state index < -0.39 is 80.0 Å². The van der Waals surface area contributed by atoms with Crippen molar-refractivity contribution in [3.8, 4) is 0 Å². The van der Waals surface area contributed by atoms with Crippen LogP contribution in [0.1, 0.15) is 59.3 Å². The summed E-state index contributed by atoms with van der Waals surface area (Å²) in [6.45, 7) is 3.47. The van der Waals surface area contributed by atoms with E-state index in [1.54, 1.807) is 0 Å². The topological polar surface area (TPSA) is 192 Å². The quantitative estimate of drug-likeness (QED) is 0.154. The van der Waals surface area contributed by atoms with Crippen molar-refractivity contribution in [1.82, 2.24) is 4.90 Å². The third-order valence-corrected chi connectivity index (χ3v) is 6.88. The number of ether oxygens (including phenoxy) is 3. The molecule has 12 nitrogen and oxygen atoms in total. The highest BCUT2D eigenvalue weighted by atomic mass is 16.7. The number of rotatable bonds is 12. The molecule has 2 heterocycles. The highest BCUT2D eigenvalue weighted by molar-refractivity contribution is 5.73. The predicted molar refractivity (Wildman–Crippen MR) is 120 cm³/mol. The first kappa shape index (κ1) is 30.3. The van der Waals surface area contributed by atoms with E-state index in [0.29, 0.717) is 6.42 Å². The maximum Gasteiger partial charge on any atom is 0.219 e. The number of carbonyl (C=O) groups excluding carboxylic acids is 1. The number of carbonyl (C=O) groups is 1. The van der Waals surface area contributed by atoms with Crippen LogP contribution in [-0.4, -0.2) is 122 Å². The highest BCUT2D eigenvalue weighted by Gasteiger charge is 2.55. The van der Waals surface area contributed by atoms with Gasteiger partial charge in [0.25, 0.3) is 0 Å². The van der Waals surface area contributed by atoms with Gasteiger partial charge in [0.15, 0.2) is 6.29 Å². The fourth-order valence-corrected chi connectivity index (χ4v) is 4.84.